The number of fused-ring (bicyclic) bond motifs is 1. The molecule has 0 spiro atoms. The van der Waals surface area contributed by atoms with Crippen LogP contribution in [0.4, 0.5) is 19.3 Å². The van der Waals surface area contributed by atoms with Crippen LogP contribution >= 0.6 is 0 Å². The van der Waals surface area contributed by atoms with E-state index in [9.17, 15) is 18.7 Å². The highest BCUT2D eigenvalue weighted by atomic mass is 19.1. The van der Waals surface area contributed by atoms with Crippen molar-refractivity contribution < 1.29 is 23.8 Å². The van der Waals surface area contributed by atoms with Crippen LogP contribution in [0.3, 0.4) is 0 Å². The van der Waals surface area contributed by atoms with Crippen molar-refractivity contribution in [1.29, 1.82) is 0 Å². The molecule has 0 aliphatic heterocycles. The van der Waals surface area contributed by atoms with Crippen LogP contribution in [0.15, 0.2) is 60.9 Å². The number of aliphatic hydroxyl groups excluding tert-OH is 1. The van der Waals surface area contributed by atoms with Crippen LogP contribution in [0.1, 0.15) is 5.56 Å². The van der Waals surface area contributed by atoms with Gasteiger partial charge < -0.3 is 14.6 Å². The van der Waals surface area contributed by atoms with Gasteiger partial charge >= 0.3 is 6.09 Å². The molecular formula is C22H17F2N3O3. The number of benzene rings is 2. The van der Waals surface area contributed by atoms with Crippen molar-refractivity contribution in [3.8, 4) is 22.4 Å². The van der Waals surface area contributed by atoms with Crippen LogP contribution in [-0.2, 0) is 6.61 Å². The summed E-state index contributed by atoms with van der Waals surface area (Å²) in [6, 6.07) is 12.8. The van der Waals surface area contributed by atoms with Crippen LogP contribution < -0.4 is 4.90 Å². The van der Waals surface area contributed by atoms with E-state index in [1.807, 2.05) is 0 Å². The highest BCUT2D eigenvalue weighted by Crippen LogP contribution is 2.28. The van der Waals surface area contributed by atoms with Crippen molar-refractivity contribution in [3.05, 3.63) is 78.1 Å². The topological polar surface area (TPSA) is 78.1 Å². The van der Waals surface area contributed by atoms with E-state index in [-0.39, 0.29) is 11.1 Å². The van der Waals surface area contributed by atoms with Gasteiger partial charge in [0.1, 0.15) is 17.3 Å². The Labute approximate surface area is 170 Å². The van der Waals surface area contributed by atoms with Crippen molar-refractivity contribution >= 4 is 17.4 Å². The molecule has 0 aliphatic carbocycles. The fraction of sp³-hybridized carbons (Fsp3) is 0.0909. The van der Waals surface area contributed by atoms with E-state index < -0.39 is 24.3 Å². The molecule has 2 N–H and O–H groups in total. The van der Waals surface area contributed by atoms with Gasteiger partial charge in [-0.25, -0.2) is 18.6 Å². The summed E-state index contributed by atoms with van der Waals surface area (Å²) < 4.78 is 30.0. The first kappa shape index (κ1) is 19.5. The standard InChI is InChI=1S/C22H17F2N3O3/c1-26(22(29)30)15-5-2-13(3-6-15)19-11-27-10-14(4-9-20(27)25-19)16-7-8-18(23)17(12-28)21(16)24/h2-11,28H,12H2,1H3,(H,29,30). The fourth-order valence-electron chi connectivity index (χ4n) is 3.22. The highest BCUT2D eigenvalue weighted by molar-refractivity contribution is 5.85. The molecule has 0 unspecified atom stereocenters. The second kappa shape index (κ2) is 7.57. The van der Waals surface area contributed by atoms with E-state index in [4.69, 9.17) is 5.11 Å². The van der Waals surface area contributed by atoms with E-state index in [0.29, 0.717) is 22.6 Å². The monoisotopic (exact) mass is 409 g/mol. The second-order valence-electron chi connectivity index (χ2n) is 6.74. The molecular weight excluding hydrogens is 392 g/mol. The summed E-state index contributed by atoms with van der Waals surface area (Å²) >= 11 is 0. The third-order valence-corrected chi connectivity index (χ3v) is 4.94. The molecule has 0 aliphatic rings. The zero-order chi connectivity index (χ0) is 21.4. The number of carbonyl (C=O) groups is 1. The van der Waals surface area contributed by atoms with Crippen LogP contribution in [0, 0.1) is 11.6 Å². The average Bonchev–Trinajstić information content (AvgIpc) is 3.17. The number of imidazole rings is 1. The van der Waals surface area contributed by atoms with Crippen LogP contribution in [-0.4, -0.2) is 32.7 Å². The molecule has 4 aromatic rings. The van der Waals surface area contributed by atoms with E-state index in [2.05, 4.69) is 4.98 Å². The number of pyridine rings is 1. The lowest BCUT2D eigenvalue weighted by molar-refractivity contribution is 0.203. The number of aliphatic hydroxyl groups is 1. The fourth-order valence-corrected chi connectivity index (χ4v) is 3.22. The summed E-state index contributed by atoms with van der Waals surface area (Å²) in [4.78, 5) is 16.7. The van der Waals surface area contributed by atoms with Crippen molar-refractivity contribution in [3.63, 3.8) is 0 Å². The van der Waals surface area contributed by atoms with Gasteiger partial charge in [-0.1, -0.05) is 12.1 Å². The summed E-state index contributed by atoms with van der Waals surface area (Å²) in [6.07, 6.45) is 2.39. The molecule has 0 bridgehead atoms. The molecule has 0 atom stereocenters. The van der Waals surface area contributed by atoms with Gasteiger partial charge in [-0.15, -0.1) is 0 Å². The molecule has 2 heterocycles. The van der Waals surface area contributed by atoms with Gasteiger partial charge in [0.25, 0.3) is 0 Å². The van der Waals surface area contributed by atoms with Crippen molar-refractivity contribution in [2.24, 2.45) is 0 Å². The molecule has 0 saturated heterocycles. The molecule has 6 nitrogen and oxygen atoms in total. The maximum atomic E-state index is 14.6. The van der Waals surface area contributed by atoms with Gasteiger partial charge in [0, 0.05) is 47.4 Å². The molecule has 0 fully saturated rings. The summed E-state index contributed by atoms with van der Waals surface area (Å²) in [5.41, 5.74) is 2.93. The number of aromatic nitrogens is 2. The van der Waals surface area contributed by atoms with Gasteiger partial charge in [-0.3, -0.25) is 4.90 Å². The minimum absolute atomic E-state index is 0.179. The highest BCUT2D eigenvalue weighted by Gasteiger charge is 2.15. The van der Waals surface area contributed by atoms with Gasteiger partial charge in [0.15, 0.2) is 0 Å². The Hall–Kier alpha value is -3.78. The summed E-state index contributed by atoms with van der Waals surface area (Å²) in [6.45, 7) is -0.726. The Morgan fingerprint density at radius 1 is 1.03 bits per heavy atom. The number of hydrogen-bond donors (Lipinski definition) is 2. The molecule has 1 amide bonds. The van der Waals surface area contributed by atoms with Crippen LogP contribution in [0.5, 0.6) is 0 Å². The molecule has 8 heteroatoms. The maximum absolute atomic E-state index is 14.6. The quantitative estimate of drug-likeness (QED) is 0.518. The number of nitrogens with zero attached hydrogens (tertiary/aromatic N) is 3. The molecule has 152 valence electrons. The minimum atomic E-state index is -1.06. The van der Waals surface area contributed by atoms with Gasteiger partial charge in [-0.2, -0.15) is 0 Å². The largest absolute Gasteiger partial charge is 0.465 e. The molecule has 2 aromatic carbocycles. The first-order valence-electron chi connectivity index (χ1n) is 9.03. The van der Waals surface area contributed by atoms with Gasteiger partial charge in [0.05, 0.1) is 12.3 Å². The lowest BCUT2D eigenvalue weighted by atomic mass is 10.0. The van der Waals surface area contributed by atoms with Gasteiger partial charge in [0.2, 0.25) is 0 Å². The lowest BCUT2D eigenvalue weighted by Crippen LogP contribution is -2.23. The Kier molecular flexibility index (Phi) is 4.93. The molecule has 0 radical (unpaired) electrons. The third-order valence-electron chi connectivity index (χ3n) is 4.94. The van der Waals surface area contributed by atoms with E-state index in [1.165, 1.54) is 13.1 Å². The SMILES string of the molecule is CN(C(=O)O)c1ccc(-c2cn3cc(-c4ccc(F)c(CO)c4F)ccc3n2)cc1. The molecule has 0 saturated carbocycles. The summed E-state index contributed by atoms with van der Waals surface area (Å²) in [7, 11) is 1.46. The molecule has 2 aromatic heterocycles. The first-order valence-corrected chi connectivity index (χ1v) is 9.03. The Balaban J connectivity index is 1.71. The van der Waals surface area contributed by atoms with E-state index in [0.717, 1.165) is 16.5 Å². The number of carboxylic acid groups (broad SMARTS) is 1. The summed E-state index contributed by atoms with van der Waals surface area (Å²) in [5, 5.41) is 18.3. The van der Waals surface area contributed by atoms with Crippen molar-refractivity contribution in [2.75, 3.05) is 11.9 Å². The molecule has 4 rings (SSSR count). The zero-order valence-corrected chi connectivity index (χ0v) is 15.9. The van der Waals surface area contributed by atoms with Crippen LogP contribution in [0.25, 0.3) is 28.0 Å². The van der Waals surface area contributed by atoms with E-state index >= 15 is 0 Å². The minimum Gasteiger partial charge on any atom is -0.465 e. The zero-order valence-electron chi connectivity index (χ0n) is 15.9. The van der Waals surface area contributed by atoms with Gasteiger partial charge in [-0.05, 0) is 36.4 Å². The van der Waals surface area contributed by atoms with E-state index in [1.54, 1.807) is 53.2 Å². The van der Waals surface area contributed by atoms with Crippen LogP contribution in [0.2, 0.25) is 0 Å². The number of anilines is 1. The lowest BCUT2D eigenvalue weighted by Gasteiger charge is -2.12. The average molecular weight is 409 g/mol. The maximum Gasteiger partial charge on any atom is 0.411 e. The Morgan fingerprint density at radius 3 is 2.40 bits per heavy atom. The number of halogens is 2. The molecule has 30 heavy (non-hydrogen) atoms. The smallest absolute Gasteiger partial charge is 0.411 e. The predicted octanol–water partition coefficient (Wildman–Crippen LogP) is 4.55. The third kappa shape index (κ3) is 3.37. The first-order chi connectivity index (χ1) is 14.4. The Bertz CT molecular complexity index is 1250. The number of rotatable bonds is 4. The summed E-state index contributed by atoms with van der Waals surface area (Å²) in [5.74, 6) is -1.59. The van der Waals surface area contributed by atoms with Crippen molar-refractivity contribution in [2.45, 2.75) is 6.61 Å². The predicted molar refractivity (Wildman–Crippen MR) is 108 cm³/mol. The Morgan fingerprint density at radius 2 is 1.73 bits per heavy atom. The second-order valence-corrected chi connectivity index (χ2v) is 6.74. The number of amides is 1. The number of hydrogen-bond acceptors (Lipinski definition) is 3. The van der Waals surface area contributed by atoms with Crippen molar-refractivity contribution in [1.82, 2.24) is 9.38 Å². The normalized spacial score (nSPS) is 11.1.